The van der Waals surface area contributed by atoms with Gasteiger partial charge in [0.1, 0.15) is 5.01 Å². The van der Waals surface area contributed by atoms with Crippen molar-refractivity contribution in [2.45, 2.75) is 24.8 Å². The molecule has 1 saturated heterocycles. The summed E-state index contributed by atoms with van der Waals surface area (Å²) < 4.78 is 0. The summed E-state index contributed by atoms with van der Waals surface area (Å²) in [4.78, 5) is 18.2. The van der Waals surface area contributed by atoms with E-state index in [0.717, 1.165) is 10.6 Å². The van der Waals surface area contributed by atoms with Crippen LogP contribution in [0, 0.1) is 11.3 Å². The molecular weight excluding hydrogens is 308 g/mol. The van der Waals surface area contributed by atoms with Crippen LogP contribution in [0.3, 0.4) is 0 Å². The van der Waals surface area contributed by atoms with Gasteiger partial charge in [0, 0.05) is 24.7 Å². The lowest BCUT2D eigenvalue weighted by atomic mass is 9.74. The van der Waals surface area contributed by atoms with Gasteiger partial charge in [-0.25, -0.2) is 9.78 Å². The van der Waals surface area contributed by atoms with Crippen LogP contribution >= 0.6 is 11.3 Å². The topological polar surface area (TPSA) is 69.0 Å². The van der Waals surface area contributed by atoms with Crippen LogP contribution < -0.4 is 5.32 Å². The third-order valence-corrected chi connectivity index (χ3v) is 5.10. The van der Waals surface area contributed by atoms with Gasteiger partial charge < -0.3 is 10.2 Å². The molecule has 2 amide bonds. The number of amides is 2. The van der Waals surface area contributed by atoms with Crippen LogP contribution in [0.15, 0.2) is 41.9 Å². The first kappa shape index (κ1) is 15.5. The molecule has 1 aliphatic heterocycles. The Morgan fingerprint density at radius 3 is 2.70 bits per heavy atom. The number of likely N-dealkylation sites (tertiary alicyclic amines) is 1. The second-order valence-electron chi connectivity index (χ2n) is 5.63. The molecule has 1 aromatic carbocycles. The highest BCUT2D eigenvalue weighted by atomic mass is 32.1. The Balaban J connectivity index is 1.59. The van der Waals surface area contributed by atoms with Crippen LogP contribution in [-0.4, -0.2) is 29.0 Å². The molecule has 23 heavy (non-hydrogen) atoms. The van der Waals surface area contributed by atoms with Gasteiger partial charge in [0.15, 0.2) is 0 Å². The van der Waals surface area contributed by atoms with Gasteiger partial charge in [-0.15, -0.1) is 11.3 Å². The smallest absolute Gasteiger partial charge is 0.317 e. The Morgan fingerprint density at radius 1 is 1.35 bits per heavy atom. The molecule has 6 heteroatoms. The van der Waals surface area contributed by atoms with Gasteiger partial charge in [-0.2, -0.15) is 5.26 Å². The minimum absolute atomic E-state index is 0.0835. The molecule has 1 fully saturated rings. The molecule has 2 aromatic rings. The van der Waals surface area contributed by atoms with Crippen molar-refractivity contribution >= 4 is 17.4 Å². The molecule has 5 nitrogen and oxygen atoms in total. The van der Waals surface area contributed by atoms with Crippen LogP contribution in [-0.2, 0) is 12.0 Å². The minimum Gasteiger partial charge on any atom is -0.331 e. The van der Waals surface area contributed by atoms with Crippen molar-refractivity contribution in [2.75, 3.05) is 13.1 Å². The summed E-state index contributed by atoms with van der Waals surface area (Å²) in [5.41, 5.74) is 0.568. The van der Waals surface area contributed by atoms with Crippen LogP contribution in [0.4, 0.5) is 4.79 Å². The van der Waals surface area contributed by atoms with E-state index in [9.17, 15) is 10.1 Å². The number of benzene rings is 1. The maximum absolute atomic E-state index is 12.2. The highest BCUT2D eigenvalue weighted by Crippen LogP contribution is 2.34. The normalized spacial score (nSPS) is 16.6. The number of hydrogen-bond acceptors (Lipinski definition) is 4. The van der Waals surface area contributed by atoms with Crippen molar-refractivity contribution in [3.05, 3.63) is 52.5 Å². The Morgan fingerprint density at radius 2 is 2.09 bits per heavy atom. The maximum atomic E-state index is 12.2. The molecule has 1 aliphatic rings. The minimum atomic E-state index is -0.479. The van der Waals surface area contributed by atoms with Crippen molar-refractivity contribution in [2.24, 2.45) is 0 Å². The second-order valence-corrected chi connectivity index (χ2v) is 6.61. The molecule has 0 bridgehead atoms. The van der Waals surface area contributed by atoms with E-state index in [2.05, 4.69) is 16.4 Å². The second kappa shape index (κ2) is 6.80. The Bertz CT molecular complexity index is 685. The van der Waals surface area contributed by atoms with Crippen LogP contribution in [0.25, 0.3) is 0 Å². The van der Waals surface area contributed by atoms with Crippen LogP contribution in [0.1, 0.15) is 23.4 Å². The van der Waals surface area contributed by atoms with E-state index < -0.39 is 5.41 Å². The monoisotopic (exact) mass is 326 g/mol. The van der Waals surface area contributed by atoms with Gasteiger partial charge in [0.25, 0.3) is 0 Å². The van der Waals surface area contributed by atoms with E-state index in [-0.39, 0.29) is 6.03 Å². The van der Waals surface area contributed by atoms with Crippen LogP contribution in [0.2, 0.25) is 0 Å². The first-order valence-corrected chi connectivity index (χ1v) is 8.49. The Labute approximate surface area is 139 Å². The van der Waals surface area contributed by atoms with E-state index >= 15 is 0 Å². The van der Waals surface area contributed by atoms with Crippen LogP contribution in [0.5, 0.6) is 0 Å². The van der Waals surface area contributed by atoms with E-state index in [1.165, 1.54) is 11.3 Å². The number of piperidine rings is 1. The average molecular weight is 326 g/mol. The molecule has 1 aromatic heterocycles. The number of rotatable bonds is 3. The zero-order chi connectivity index (χ0) is 16.1. The number of carbonyl (C=O) groups excluding carboxylic acids is 1. The summed E-state index contributed by atoms with van der Waals surface area (Å²) in [5, 5.41) is 15.4. The molecule has 3 rings (SSSR count). The van der Waals surface area contributed by atoms with E-state index in [4.69, 9.17) is 0 Å². The summed E-state index contributed by atoms with van der Waals surface area (Å²) in [6.07, 6.45) is 3.06. The third-order valence-electron chi connectivity index (χ3n) is 4.32. The zero-order valence-electron chi connectivity index (χ0n) is 12.7. The van der Waals surface area contributed by atoms with Crippen molar-refractivity contribution in [3.63, 3.8) is 0 Å². The molecule has 1 N–H and O–H groups in total. The fourth-order valence-electron chi connectivity index (χ4n) is 2.92. The first-order valence-electron chi connectivity index (χ1n) is 7.61. The first-order chi connectivity index (χ1) is 11.2. The lowest BCUT2D eigenvalue weighted by Crippen LogP contribution is -2.48. The average Bonchev–Trinajstić information content (AvgIpc) is 3.14. The SMILES string of the molecule is N#CC1(c2ccccc2)CCN(C(=O)NCc2nccs2)CC1. The molecule has 0 aliphatic carbocycles. The van der Waals surface area contributed by atoms with Gasteiger partial charge in [0.2, 0.25) is 0 Å². The highest BCUT2D eigenvalue weighted by molar-refractivity contribution is 7.09. The van der Waals surface area contributed by atoms with E-state index in [1.54, 1.807) is 11.1 Å². The van der Waals surface area contributed by atoms with Crippen molar-refractivity contribution < 1.29 is 4.79 Å². The fourth-order valence-corrected chi connectivity index (χ4v) is 3.47. The summed E-state index contributed by atoms with van der Waals surface area (Å²) in [6, 6.07) is 12.3. The Kier molecular flexibility index (Phi) is 4.58. The summed E-state index contributed by atoms with van der Waals surface area (Å²) in [7, 11) is 0. The number of thiazole rings is 1. The molecule has 0 spiro atoms. The number of urea groups is 1. The number of nitrogens with zero attached hydrogens (tertiary/aromatic N) is 3. The highest BCUT2D eigenvalue weighted by Gasteiger charge is 2.37. The van der Waals surface area contributed by atoms with Crippen molar-refractivity contribution in [1.29, 1.82) is 5.26 Å². The predicted molar refractivity (Wildman–Crippen MR) is 88.9 cm³/mol. The van der Waals surface area contributed by atoms with Gasteiger partial charge in [-0.1, -0.05) is 30.3 Å². The van der Waals surface area contributed by atoms with Gasteiger partial charge >= 0.3 is 6.03 Å². The Hall–Kier alpha value is -2.39. The van der Waals surface area contributed by atoms with Gasteiger partial charge in [-0.3, -0.25) is 0 Å². The maximum Gasteiger partial charge on any atom is 0.317 e. The number of hydrogen-bond donors (Lipinski definition) is 1. The molecule has 2 heterocycles. The zero-order valence-corrected chi connectivity index (χ0v) is 13.6. The van der Waals surface area contributed by atoms with E-state index in [1.807, 2.05) is 35.7 Å². The molecule has 0 saturated carbocycles. The molecular formula is C17H18N4OS. The lowest BCUT2D eigenvalue weighted by molar-refractivity contribution is 0.171. The van der Waals surface area contributed by atoms with Crippen molar-refractivity contribution in [3.8, 4) is 6.07 Å². The predicted octanol–water partition coefficient (Wildman–Crippen LogP) is 2.91. The molecule has 118 valence electrons. The summed E-state index contributed by atoms with van der Waals surface area (Å²) in [6.45, 7) is 1.63. The summed E-state index contributed by atoms with van der Waals surface area (Å²) in [5.74, 6) is 0. The number of carbonyl (C=O) groups is 1. The molecule has 0 unspecified atom stereocenters. The van der Waals surface area contributed by atoms with Gasteiger partial charge in [0.05, 0.1) is 18.0 Å². The van der Waals surface area contributed by atoms with Gasteiger partial charge in [-0.05, 0) is 18.4 Å². The van der Waals surface area contributed by atoms with Crippen molar-refractivity contribution in [1.82, 2.24) is 15.2 Å². The summed E-state index contributed by atoms with van der Waals surface area (Å²) >= 11 is 1.52. The largest absolute Gasteiger partial charge is 0.331 e. The fraction of sp³-hybridized carbons (Fsp3) is 0.353. The third kappa shape index (κ3) is 3.35. The number of nitriles is 1. The molecule has 0 radical (unpaired) electrons. The lowest BCUT2D eigenvalue weighted by Gasteiger charge is -2.37. The van der Waals surface area contributed by atoms with E-state index in [0.29, 0.717) is 32.5 Å². The molecule has 0 atom stereocenters. The quantitative estimate of drug-likeness (QED) is 0.943. The number of aromatic nitrogens is 1. The standard InChI is InChI=1S/C17H18N4OS/c18-13-17(14-4-2-1-3-5-14)6-9-21(10-7-17)16(22)20-12-15-19-8-11-23-15/h1-5,8,11H,6-7,9-10,12H2,(H,20,22). The number of nitrogens with one attached hydrogen (secondary N) is 1.